The number of aromatic nitrogens is 3. The van der Waals surface area contributed by atoms with Gasteiger partial charge in [-0.2, -0.15) is 0 Å². The Morgan fingerprint density at radius 3 is 2.53 bits per heavy atom. The lowest BCUT2D eigenvalue weighted by atomic mass is 10.00. The van der Waals surface area contributed by atoms with Crippen molar-refractivity contribution in [1.29, 1.82) is 0 Å². The number of ether oxygens (including phenoxy) is 5. The number of hydrogen-bond donors (Lipinski definition) is 1. The van der Waals surface area contributed by atoms with E-state index in [0.717, 1.165) is 5.56 Å². The number of fused-ring (bicyclic) bond motifs is 1. The molecule has 3 aromatic rings. The van der Waals surface area contributed by atoms with Gasteiger partial charge in [-0.3, -0.25) is 4.79 Å². The number of nitrogens with zero attached hydrogens (tertiary/aromatic N) is 3. The molecule has 2 aliphatic rings. The third-order valence-electron chi connectivity index (χ3n) is 6.64. The minimum Gasteiger partial charge on any atom is -0.466 e. The maximum atomic E-state index is 12.7. The molecule has 202 valence electrons. The number of aliphatic hydroxyl groups is 1. The molecule has 1 aromatic heterocycles. The van der Waals surface area contributed by atoms with Gasteiger partial charge < -0.3 is 28.8 Å². The summed E-state index contributed by atoms with van der Waals surface area (Å²) in [4.78, 5) is 12.7. The third kappa shape index (κ3) is 5.79. The third-order valence-corrected chi connectivity index (χ3v) is 6.64. The first-order chi connectivity index (χ1) is 18.3. The SMILES string of the molecule is CCOC(=O)C[C@H]([C@H]1O[C@@H]2OC(C)(C)O[C@@H]2[C@H]1OCc1ccccc1)n1cc(C(O)c2ccccc2)nn1. The Morgan fingerprint density at radius 2 is 1.82 bits per heavy atom. The molecule has 1 unspecified atom stereocenters. The molecule has 0 bridgehead atoms. The van der Waals surface area contributed by atoms with Crippen LogP contribution in [0.5, 0.6) is 0 Å². The van der Waals surface area contributed by atoms with Crippen molar-refractivity contribution in [3.05, 3.63) is 83.7 Å². The lowest BCUT2D eigenvalue weighted by Crippen LogP contribution is -2.42. The Morgan fingerprint density at radius 1 is 1.11 bits per heavy atom. The van der Waals surface area contributed by atoms with E-state index in [1.54, 1.807) is 13.1 Å². The second-order valence-corrected chi connectivity index (χ2v) is 9.84. The van der Waals surface area contributed by atoms with Crippen LogP contribution in [-0.2, 0) is 35.1 Å². The van der Waals surface area contributed by atoms with Crippen molar-refractivity contribution in [2.24, 2.45) is 0 Å². The number of carbonyl (C=O) groups excluding carboxylic acids is 1. The molecule has 2 fully saturated rings. The van der Waals surface area contributed by atoms with E-state index >= 15 is 0 Å². The van der Waals surface area contributed by atoms with Gasteiger partial charge in [0.1, 0.15) is 30.1 Å². The molecule has 0 amide bonds. The highest BCUT2D eigenvalue weighted by Gasteiger charge is 2.58. The van der Waals surface area contributed by atoms with Gasteiger partial charge in [0.2, 0.25) is 0 Å². The summed E-state index contributed by atoms with van der Waals surface area (Å²) in [5, 5.41) is 19.3. The smallest absolute Gasteiger partial charge is 0.308 e. The number of rotatable bonds is 10. The zero-order chi connectivity index (χ0) is 26.7. The second-order valence-electron chi connectivity index (χ2n) is 9.84. The molecule has 0 spiro atoms. The first-order valence-electron chi connectivity index (χ1n) is 12.8. The van der Waals surface area contributed by atoms with Crippen molar-refractivity contribution in [1.82, 2.24) is 15.0 Å². The van der Waals surface area contributed by atoms with E-state index in [-0.39, 0.29) is 13.0 Å². The van der Waals surface area contributed by atoms with Gasteiger partial charge in [-0.05, 0) is 31.9 Å². The maximum Gasteiger partial charge on any atom is 0.308 e. The minimum absolute atomic E-state index is 0.0449. The van der Waals surface area contributed by atoms with Gasteiger partial charge in [0.25, 0.3) is 0 Å². The summed E-state index contributed by atoms with van der Waals surface area (Å²) in [6.07, 6.45) is -1.84. The Bertz CT molecular complexity index is 1200. The van der Waals surface area contributed by atoms with E-state index in [0.29, 0.717) is 17.9 Å². The molecule has 1 N–H and O–H groups in total. The second kappa shape index (κ2) is 11.3. The predicted molar refractivity (Wildman–Crippen MR) is 135 cm³/mol. The van der Waals surface area contributed by atoms with Crippen molar-refractivity contribution < 1.29 is 33.6 Å². The van der Waals surface area contributed by atoms with E-state index in [9.17, 15) is 9.90 Å². The first kappa shape index (κ1) is 26.5. The van der Waals surface area contributed by atoms with Crippen LogP contribution in [0.15, 0.2) is 66.9 Å². The van der Waals surface area contributed by atoms with E-state index in [1.165, 1.54) is 4.68 Å². The fraction of sp³-hybridized carbons (Fsp3) is 0.464. The zero-order valence-electron chi connectivity index (χ0n) is 21.7. The summed E-state index contributed by atoms with van der Waals surface area (Å²) >= 11 is 0. The van der Waals surface area contributed by atoms with Gasteiger partial charge in [0, 0.05) is 0 Å². The average molecular weight is 524 g/mol. The number of carbonyl (C=O) groups is 1. The average Bonchev–Trinajstić information content (AvgIpc) is 3.60. The van der Waals surface area contributed by atoms with Crippen molar-refractivity contribution in [3.8, 4) is 0 Å². The van der Waals surface area contributed by atoms with Gasteiger partial charge >= 0.3 is 5.97 Å². The topological polar surface area (TPSA) is 114 Å². The summed E-state index contributed by atoms with van der Waals surface area (Å²) in [5.41, 5.74) is 2.02. The van der Waals surface area contributed by atoms with Crippen LogP contribution in [0, 0.1) is 0 Å². The maximum absolute atomic E-state index is 12.7. The Balaban J connectivity index is 1.44. The predicted octanol–water partition coefficient (Wildman–Crippen LogP) is 3.32. The standard InChI is InChI=1S/C28H33N3O7/c1-4-34-22(32)15-21(31-16-20(29-30-31)23(33)19-13-9-6-10-14-19)24-25(35-17-18-11-7-5-8-12-18)26-27(36-24)38-28(2,3)37-26/h5-14,16,21,23-27,33H,4,15,17H2,1-3H3/t21-,23?,24-,25+,26-,27-/m1/s1. The molecule has 2 aromatic carbocycles. The van der Waals surface area contributed by atoms with Crippen molar-refractivity contribution >= 4 is 5.97 Å². The van der Waals surface area contributed by atoms with Gasteiger partial charge in [-0.15, -0.1) is 5.10 Å². The van der Waals surface area contributed by atoms with Crippen LogP contribution >= 0.6 is 0 Å². The lowest BCUT2D eigenvalue weighted by Gasteiger charge is -2.30. The molecule has 3 heterocycles. The molecule has 0 radical (unpaired) electrons. The minimum atomic E-state index is -0.977. The van der Waals surface area contributed by atoms with Crippen LogP contribution < -0.4 is 0 Å². The van der Waals surface area contributed by atoms with Crippen molar-refractivity contribution in [2.75, 3.05) is 6.61 Å². The molecular weight excluding hydrogens is 490 g/mol. The molecule has 10 heteroatoms. The fourth-order valence-electron chi connectivity index (χ4n) is 4.91. The molecule has 10 nitrogen and oxygen atoms in total. The van der Waals surface area contributed by atoms with Gasteiger partial charge in [-0.1, -0.05) is 65.9 Å². The summed E-state index contributed by atoms with van der Waals surface area (Å²) in [6, 6.07) is 18.3. The largest absolute Gasteiger partial charge is 0.466 e. The van der Waals surface area contributed by atoms with E-state index in [1.807, 2.05) is 74.5 Å². The molecule has 38 heavy (non-hydrogen) atoms. The molecule has 5 rings (SSSR count). The van der Waals surface area contributed by atoms with Crippen LogP contribution in [0.3, 0.4) is 0 Å². The monoisotopic (exact) mass is 523 g/mol. The van der Waals surface area contributed by atoms with Gasteiger partial charge in [0.15, 0.2) is 12.1 Å². The fourth-order valence-corrected chi connectivity index (χ4v) is 4.91. The van der Waals surface area contributed by atoms with Crippen LogP contribution in [0.2, 0.25) is 0 Å². The molecule has 6 atom stereocenters. The molecule has 0 aliphatic carbocycles. The lowest BCUT2D eigenvalue weighted by molar-refractivity contribution is -0.225. The first-order valence-corrected chi connectivity index (χ1v) is 12.8. The number of esters is 1. The van der Waals surface area contributed by atoms with Crippen LogP contribution in [0.25, 0.3) is 0 Å². The van der Waals surface area contributed by atoms with Crippen LogP contribution in [0.1, 0.15) is 56.2 Å². The Kier molecular flexibility index (Phi) is 7.87. The Hall–Kier alpha value is -3.15. The van der Waals surface area contributed by atoms with E-state index in [4.69, 9.17) is 23.7 Å². The Labute approximate surface area is 221 Å². The quantitative estimate of drug-likeness (QED) is 0.400. The highest BCUT2D eigenvalue weighted by atomic mass is 16.8. The molecule has 2 aliphatic heterocycles. The van der Waals surface area contributed by atoms with E-state index < -0.39 is 48.5 Å². The number of benzene rings is 2. The van der Waals surface area contributed by atoms with Crippen LogP contribution in [-0.4, -0.2) is 63.1 Å². The van der Waals surface area contributed by atoms with E-state index in [2.05, 4.69) is 10.3 Å². The highest BCUT2D eigenvalue weighted by Crippen LogP contribution is 2.43. The van der Waals surface area contributed by atoms with Crippen LogP contribution in [0.4, 0.5) is 0 Å². The van der Waals surface area contributed by atoms with Crippen molar-refractivity contribution in [3.63, 3.8) is 0 Å². The molecule has 2 saturated heterocycles. The van der Waals surface area contributed by atoms with Gasteiger partial charge in [-0.25, -0.2) is 4.68 Å². The molecular formula is C28H33N3O7. The number of hydrogen-bond acceptors (Lipinski definition) is 9. The summed E-state index contributed by atoms with van der Waals surface area (Å²) in [7, 11) is 0. The summed E-state index contributed by atoms with van der Waals surface area (Å²) < 4.78 is 31.7. The highest BCUT2D eigenvalue weighted by molar-refractivity contribution is 5.70. The molecule has 0 saturated carbocycles. The van der Waals surface area contributed by atoms with Crippen molar-refractivity contribution in [2.45, 2.75) is 76.3 Å². The summed E-state index contributed by atoms with van der Waals surface area (Å²) in [5.74, 6) is -1.26. The zero-order valence-corrected chi connectivity index (χ0v) is 21.7. The summed E-state index contributed by atoms with van der Waals surface area (Å²) in [6.45, 7) is 5.96. The normalized spacial score (nSPS) is 25.6. The number of aliphatic hydroxyl groups excluding tert-OH is 1. The van der Waals surface area contributed by atoms with Gasteiger partial charge in [0.05, 0.1) is 31.9 Å².